The van der Waals surface area contributed by atoms with Crippen molar-refractivity contribution >= 4 is 5.91 Å². The molecule has 1 aromatic rings. The van der Waals surface area contributed by atoms with Gasteiger partial charge in [-0.25, -0.2) is 0 Å². The van der Waals surface area contributed by atoms with Gasteiger partial charge >= 0.3 is 0 Å². The lowest BCUT2D eigenvalue weighted by atomic mass is 9.85. The Morgan fingerprint density at radius 2 is 2.06 bits per heavy atom. The zero-order valence-electron chi connectivity index (χ0n) is 11.4. The van der Waals surface area contributed by atoms with Crippen LogP contribution >= 0.6 is 0 Å². The van der Waals surface area contributed by atoms with Crippen molar-refractivity contribution in [1.82, 2.24) is 5.32 Å². The van der Waals surface area contributed by atoms with Crippen molar-refractivity contribution in [2.24, 2.45) is 5.73 Å². The van der Waals surface area contributed by atoms with Crippen LogP contribution in [0.25, 0.3) is 0 Å². The van der Waals surface area contributed by atoms with Crippen LogP contribution in [0.2, 0.25) is 0 Å². The van der Waals surface area contributed by atoms with Gasteiger partial charge in [-0.2, -0.15) is 0 Å². The fraction of sp³-hybridized carbons (Fsp3) is 0.500. The molecular weight excluding hydrogens is 228 g/mol. The van der Waals surface area contributed by atoms with Crippen molar-refractivity contribution in [2.75, 3.05) is 6.54 Å². The molecule has 1 unspecified atom stereocenters. The predicted molar refractivity (Wildman–Crippen MR) is 72.8 cm³/mol. The van der Waals surface area contributed by atoms with E-state index in [4.69, 9.17) is 5.73 Å². The number of nitrogens with two attached hydrogens (primary N) is 1. The van der Waals surface area contributed by atoms with E-state index in [2.05, 4.69) is 5.32 Å². The summed E-state index contributed by atoms with van der Waals surface area (Å²) in [7, 11) is 0. The van der Waals surface area contributed by atoms with Crippen molar-refractivity contribution in [1.29, 1.82) is 0 Å². The van der Waals surface area contributed by atoms with Crippen LogP contribution in [0.1, 0.15) is 43.6 Å². The van der Waals surface area contributed by atoms with Crippen molar-refractivity contribution in [3.05, 3.63) is 29.3 Å². The number of phenolic OH excluding ortho intramolecular Hbond substituents is 1. The molecule has 0 aliphatic heterocycles. The molecule has 1 atom stereocenters. The molecule has 0 saturated heterocycles. The summed E-state index contributed by atoms with van der Waals surface area (Å²) in [5.74, 6) is -0.247. The fourth-order valence-corrected chi connectivity index (χ4v) is 1.68. The lowest BCUT2D eigenvalue weighted by Gasteiger charge is -2.21. The third kappa shape index (κ3) is 3.47. The van der Waals surface area contributed by atoms with Crippen LogP contribution in [0.15, 0.2) is 18.2 Å². The Hall–Kier alpha value is -1.55. The van der Waals surface area contributed by atoms with Crippen LogP contribution in [0.3, 0.4) is 0 Å². The Bertz CT molecular complexity index is 434. The standard InChI is InChI=1S/C14H22N2O2/c1-9(15)8-16-13(18)10-6-5-7-11(12(10)17)14(2,3)4/h5-7,9,17H,8,15H2,1-4H3,(H,16,18). The maximum absolute atomic E-state index is 11.9. The highest BCUT2D eigenvalue weighted by atomic mass is 16.3. The van der Waals surface area contributed by atoms with E-state index in [1.165, 1.54) is 0 Å². The number of hydrogen-bond donors (Lipinski definition) is 3. The third-order valence-electron chi connectivity index (χ3n) is 2.67. The van der Waals surface area contributed by atoms with E-state index in [9.17, 15) is 9.90 Å². The number of benzene rings is 1. The van der Waals surface area contributed by atoms with E-state index in [1.54, 1.807) is 12.1 Å². The number of amides is 1. The van der Waals surface area contributed by atoms with Gasteiger partial charge in [-0.1, -0.05) is 32.9 Å². The molecular formula is C14H22N2O2. The zero-order valence-corrected chi connectivity index (χ0v) is 11.4. The summed E-state index contributed by atoms with van der Waals surface area (Å²) in [6, 6.07) is 5.11. The molecule has 0 saturated carbocycles. The summed E-state index contributed by atoms with van der Waals surface area (Å²) < 4.78 is 0. The van der Waals surface area contributed by atoms with Gasteiger partial charge in [0.05, 0.1) is 5.56 Å². The van der Waals surface area contributed by atoms with E-state index in [-0.39, 0.29) is 23.1 Å². The molecule has 0 radical (unpaired) electrons. The summed E-state index contributed by atoms with van der Waals surface area (Å²) in [6.07, 6.45) is 0. The smallest absolute Gasteiger partial charge is 0.255 e. The van der Waals surface area contributed by atoms with Crippen LogP contribution < -0.4 is 11.1 Å². The van der Waals surface area contributed by atoms with E-state index in [0.717, 1.165) is 5.56 Å². The fourth-order valence-electron chi connectivity index (χ4n) is 1.68. The van der Waals surface area contributed by atoms with E-state index in [1.807, 2.05) is 33.8 Å². The molecule has 4 N–H and O–H groups in total. The molecule has 1 amide bonds. The summed E-state index contributed by atoms with van der Waals surface area (Å²) in [4.78, 5) is 11.9. The van der Waals surface area contributed by atoms with Crippen LogP contribution in [0, 0.1) is 0 Å². The van der Waals surface area contributed by atoms with Gasteiger partial charge in [-0.05, 0) is 18.4 Å². The van der Waals surface area contributed by atoms with Gasteiger partial charge in [0.25, 0.3) is 5.91 Å². The number of nitrogens with one attached hydrogen (secondary N) is 1. The molecule has 0 aliphatic rings. The quantitative estimate of drug-likeness (QED) is 0.765. The van der Waals surface area contributed by atoms with Crippen LogP contribution in [-0.2, 0) is 5.41 Å². The number of hydrogen-bond acceptors (Lipinski definition) is 3. The SMILES string of the molecule is CC(N)CNC(=O)c1cccc(C(C)(C)C)c1O. The monoisotopic (exact) mass is 250 g/mol. The molecule has 1 aromatic carbocycles. The van der Waals surface area contributed by atoms with Crippen LogP contribution in [0.5, 0.6) is 5.75 Å². The summed E-state index contributed by atoms with van der Waals surface area (Å²) in [5, 5.41) is 12.9. The Morgan fingerprint density at radius 3 is 2.56 bits per heavy atom. The molecule has 0 aromatic heterocycles. The van der Waals surface area contributed by atoms with Crippen LogP contribution in [-0.4, -0.2) is 23.6 Å². The molecule has 0 bridgehead atoms. The number of para-hydroxylation sites is 1. The predicted octanol–water partition coefficient (Wildman–Crippen LogP) is 1.77. The third-order valence-corrected chi connectivity index (χ3v) is 2.67. The normalized spacial score (nSPS) is 13.2. The minimum atomic E-state index is -0.295. The first-order valence-electron chi connectivity index (χ1n) is 6.09. The lowest BCUT2D eigenvalue weighted by Crippen LogP contribution is -2.35. The average molecular weight is 250 g/mol. The molecule has 0 heterocycles. The van der Waals surface area contributed by atoms with E-state index >= 15 is 0 Å². The van der Waals surface area contributed by atoms with E-state index in [0.29, 0.717) is 12.1 Å². The Kier molecular flexibility index (Phi) is 4.35. The summed E-state index contributed by atoms with van der Waals surface area (Å²) in [5.41, 5.74) is 6.43. The van der Waals surface area contributed by atoms with Crippen molar-refractivity contribution in [3.63, 3.8) is 0 Å². The molecule has 4 heteroatoms. The Morgan fingerprint density at radius 1 is 1.44 bits per heavy atom. The van der Waals surface area contributed by atoms with Gasteiger partial charge in [0.2, 0.25) is 0 Å². The van der Waals surface area contributed by atoms with Gasteiger partial charge in [-0.15, -0.1) is 0 Å². The highest BCUT2D eigenvalue weighted by Crippen LogP contribution is 2.32. The minimum Gasteiger partial charge on any atom is -0.507 e. The highest BCUT2D eigenvalue weighted by Gasteiger charge is 2.22. The molecule has 0 fully saturated rings. The molecule has 100 valence electrons. The second-order valence-electron chi connectivity index (χ2n) is 5.64. The lowest BCUT2D eigenvalue weighted by molar-refractivity contribution is 0.0949. The molecule has 18 heavy (non-hydrogen) atoms. The van der Waals surface area contributed by atoms with Crippen molar-refractivity contribution < 1.29 is 9.90 Å². The number of phenols is 1. The maximum Gasteiger partial charge on any atom is 0.255 e. The topological polar surface area (TPSA) is 75.3 Å². The van der Waals surface area contributed by atoms with Gasteiger partial charge in [0.15, 0.2) is 0 Å². The number of carbonyl (C=O) groups excluding carboxylic acids is 1. The number of rotatable bonds is 3. The van der Waals surface area contributed by atoms with E-state index < -0.39 is 0 Å². The van der Waals surface area contributed by atoms with Gasteiger partial charge in [-0.3, -0.25) is 4.79 Å². The number of aromatic hydroxyl groups is 1. The first-order chi connectivity index (χ1) is 8.23. The highest BCUT2D eigenvalue weighted by molar-refractivity contribution is 5.97. The molecule has 1 rings (SSSR count). The summed E-state index contributed by atoms with van der Waals surface area (Å²) in [6.45, 7) is 8.17. The number of carbonyl (C=O) groups is 1. The first kappa shape index (κ1) is 14.5. The largest absolute Gasteiger partial charge is 0.507 e. The second kappa shape index (κ2) is 5.40. The Labute approximate surface area is 108 Å². The van der Waals surface area contributed by atoms with Crippen LogP contribution in [0.4, 0.5) is 0 Å². The first-order valence-corrected chi connectivity index (χ1v) is 6.09. The average Bonchev–Trinajstić information content (AvgIpc) is 2.24. The van der Waals surface area contributed by atoms with Gasteiger partial charge < -0.3 is 16.2 Å². The minimum absolute atomic E-state index is 0.0483. The van der Waals surface area contributed by atoms with Gasteiger partial charge in [0.1, 0.15) is 5.75 Å². The molecule has 0 aliphatic carbocycles. The van der Waals surface area contributed by atoms with Crippen molar-refractivity contribution in [3.8, 4) is 5.75 Å². The van der Waals surface area contributed by atoms with Gasteiger partial charge in [0, 0.05) is 18.2 Å². The molecule has 4 nitrogen and oxygen atoms in total. The van der Waals surface area contributed by atoms with Crippen molar-refractivity contribution in [2.45, 2.75) is 39.2 Å². The summed E-state index contributed by atoms with van der Waals surface area (Å²) >= 11 is 0. The Balaban J connectivity index is 3.01. The second-order valence-corrected chi connectivity index (χ2v) is 5.64. The molecule has 0 spiro atoms. The maximum atomic E-state index is 11.9. The zero-order chi connectivity index (χ0) is 13.9.